The van der Waals surface area contributed by atoms with Gasteiger partial charge in [-0.3, -0.25) is 0 Å². The number of hydrogen-bond donors (Lipinski definition) is 0. The van der Waals surface area contributed by atoms with Crippen LogP contribution in [0.1, 0.15) is 55.1 Å². The van der Waals surface area contributed by atoms with E-state index in [1.807, 2.05) is 42.5 Å². The van der Waals surface area contributed by atoms with Crippen LogP contribution in [0.4, 0.5) is 0 Å². The number of rotatable bonds is 11. The Bertz CT molecular complexity index is 710. The summed E-state index contributed by atoms with van der Waals surface area (Å²) in [6, 6.07) is 17.2. The highest BCUT2D eigenvalue weighted by Crippen LogP contribution is 2.24. The molecule has 2 aromatic carbocycles. The third kappa shape index (κ3) is 7.01. The fourth-order valence-electron chi connectivity index (χ4n) is 2.81. The van der Waals surface area contributed by atoms with Gasteiger partial charge in [0, 0.05) is 6.42 Å². The lowest BCUT2D eigenvalue weighted by Crippen LogP contribution is -2.40. The lowest BCUT2D eigenvalue weighted by molar-refractivity contribution is -0.889. The maximum absolute atomic E-state index is 12.7. The first-order valence-corrected chi connectivity index (χ1v) is 10.3. The van der Waals surface area contributed by atoms with Gasteiger partial charge < -0.3 is 14.0 Å². The molecule has 2 aromatic rings. The highest BCUT2D eigenvalue weighted by molar-refractivity contribution is 5.89. The normalized spacial score (nSPS) is 12.4. The van der Waals surface area contributed by atoms with Crippen LogP contribution in [0.5, 0.6) is 5.75 Å². The number of hydrogen-bond acceptors (Lipinski definition) is 3. The van der Waals surface area contributed by atoms with Crippen LogP contribution >= 0.6 is 0 Å². The minimum atomic E-state index is -0.296. The monoisotopic (exact) mass is 384 g/mol. The number of ether oxygens (including phenoxy) is 2. The minimum absolute atomic E-state index is 0.252. The molecule has 0 saturated carbocycles. The van der Waals surface area contributed by atoms with Gasteiger partial charge in [0.2, 0.25) is 0 Å². The van der Waals surface area contributed by atoms with Crippen molar-refractivity contribution < 1.29 is 18.8 Å². The van der Waals surface area contributed by atoms with Gasteiger partial charge in [0.1, 0.15) is 11.9 Å². The Morgan fingerprint density at radius 1 is 1.00 bits per heavy atom. The van der Waals surface area contributed by atoms with Gasteiger partial charge in [0.25, 0.3) is 0 Å². The Morgan fingerprint density at radius 3 is 2.29 bits per heavy atom. The Morgan fingerprint density at radius 2 is 1.68 bits per heavy atom. The first-order chi connectivity index (χ1) is 13.4. The highest BCUT2D eigenvalue weighted by atomic mass is 16.5. The van der Waals surface area contributed by atoms with Gasteiger partial charge >= 0.3 is 5.97 Å². The average Bonchev–Trinajstić information content (AvgIpc) is 2.72. The van der Waals surface area contributed by atoms with E-state index < -0.39 is 0 Å². The van der Waals surface area contributed by atoms with Crippen molar-refractivity contribution in [2.45, 2.75) is 39.2 Å². The van der Waals surface area contributed by atoms with E-state index in [1.54, 1.807) is 12.1 Å². The van der Waals surface area contributed by atoms with Gasteiger partial charge in [-0.15, -0.1) is 0 Å². The summed E-state index contributed by atoms with van der Waals surface area (Å²) >= 11 is 0. The number of nitrogens with zero attached hydrogens (tertiary/aromatic N) is 1. The summed E-state index contributed by atoms with van der Waals surface area (Å²) in [6.07, 6.45) is 2.65. The number of quaternary nitrogens is 1. The molecular formula is C24H34NO3+. The molecule has 28 heavy (non-hydrogen) atoms. The summed E-state index contributed by atoms with van der Waals surface area (Å²) in [5, 5.41) is 0. The molecule has 0 radical (unpaired) electrons. The molecule has 0 amide bonds. The van der Waals surface area contributed by atoms with Crippen molar-refractivity contribution in [3.63, 3.8) is 0 Å². The molecule has 1 atom stereocenters. The molecule has 0 spiro atoms. The molecule has 0 aliphatic carbocycles. The Labute approximate surface area is 169 Å². The molecule has 0 aliphatic rings. The highest BCUT2D eigenvalue weighted by Gasteiger charge is 2.22. The van der Waals surface area contributed by atoms with E-state index in [9.17, 15) is 4.79 Å². The first kappa shape index (κ1) is 22.0. The lowest BCUT2D eigenvalue weighted by Gasteiger charge is -2.30. The molecule has 4 nitrogen and oxygen atoms in total. The fourth-order valence-corrected chi connectivity index (χ4v) is 2.81. The minimum Gasteiger partial charge on any atom is -0.494 e. The van der Waals surface area contributed by atoms with Crippen LogP contribution in [0.3, 0.4) is 0 Å². The lowest BCUT2D eigenvalue weighted by atomic mass is 10.1. The van der Waals surface area contributed by atoms with Crippen molar-refractivity contribution in [1.82, 2.24) is 0 Å². The second kappa shape index (κ2) is 10.9. The summed E-state index contributed by atoms with van der Waals surface area (Å²) in [6.45, 7) is 6.98. The number of carbonyl (C=O) groups is 1. The second-order valence-corrected chi connectivity index (χ2v) is 7.80. The topological polar surface area (TPSA) is 35.5 Å². The van der Waals surface area contributed by atoms with E-state index >= 15 is 0 Å². The SMILES string of the molecule is CCCCOc1ccc(C(=O)O[C@@H](CC[N+](C)(C)CC)c2ccccc2)cc1. The summed E-state index contributed by atoms with van der Waals surface area (Å²) < 4.78 is 12.5. The van der Waals surface area contributed by atoms with Crippen LogP contribution in [0, 0.1) is 0 Å². The van der Waals surface area contributed by atoms with Crippen LogP contribution < -0.4 is 4.74 Å². The standard InChI is InChI=1S/C24H34NO3/c1-5-7-19-27-22-15-13-21(14-16-22)24(26)28-23(17-18-25(3,4)6-2)20-11-9-8-10-12-20/h8-16,23H,5-7,17-19H2,1-4H3/q+1/t23-/m0/s1. The second-order valence-electron chi connectivity index (χ2n) is 7.80. The molecule has 2 rings (SSSR count). The zero-order valence-corrected chi connectivity index (χ0v) is 17.7. The van der Waals surface area contributed by atoms with Crippen molar-refractivity contribution in [2.24, 2.45) is 0 Å². The third-order valence-corrected chi connectivity index (χ3v) is 5.13. The maximum Gasteiger partial charge on any atom is 0.338 e. The number of benzene rings is 2. The van der Waals surface area contributed by atoms with Gasteiger partial charge in [-0.1, -0.05) is 43.7 Å². The first-order valence-electron chi connectivity index (χ1n) is 10.3. The van der Waals surface area contributed by atoms with E-state index in [2.05, 4.69) is 27.9 Å². The number of esters is 1. The third-order valence-electron chi connectivity index (χ3n) is 5.13. The summed E-state index contributed by atoms with van der Waals surface area (Å²) in [5.74, 6) is 0.488. The molecule has 0 N–H and O–H groups in total. The van der Waals surface area contributed by atoms with Crippen molar-refractivity contribution >= 4 is 5.97 Å². The molecule has 0 saturated heterocycles. The fraction of sp³-hybridized carbons (Fsp3) is 0.458. The van der Waals surface area contributed by atoms with E-state index in [1.165, 1.54) is 0 Å². The van der Waals surface area contributed by atoms with Crippen molar-refractivity contribution in [3.05, 3.63) is 65.7 Å². The van der Waals surface area contributed by atoms with E-state index in [4.69, 9.17) is 9.47 Å². The quantitative estimate of drug-likeness (QED) is 0.301. The van der Waals surface area contributed by atoms with E-state index in [0.29, 0.717) is 12.2 Å². The summed E-state index contributed by atoms with van der Waals surface area (Å²) in [5.41, 5.74) is 1.58. The summed E-state index contributed by atoms with van der Waals surface area (Å²) in [4.78, 5) is 12.7. The molecule has 0 bridgehead atoms. The Balaban J connectivity index is 2.05. The zero-order chi connectivity index (χ0) is 20.4. The van der Waals surface area contributed by atoms with Gasteiger partial charge in [0.15, 0.2) is 0 Å². The molecule has 4 heteroatoms. The largest absolute Gasteiger partial charge is 0.494 e. The van der Waals surface area contributed by atoms with Crippen LogP contribution in [-0.2, 0) is 4.74 Å². The van der Waals surface area contributed by atoms with Crippen LogP contribution in [0.25, 0.3) is 0 Å². The summed E-state index contributed by atoms with van der Waals surface area (Å²) in [7, 11) is 4.39. The molecular weight excluding hydrogens is 350 g/mol. The van der Waals surface area contributed by atoms with Crippen LogP contribution in [0.2, 0.25) is 0 Å². The van der Waals surface area contributed by atoms with E-state index in [0.717, 1.165) is 48.1 Å². The van der Waals surface area contributed by atoms with Gasteiger partial charge in [-0.25, -0.2) is 4.79 Å². The molecule has 0 aromatic heterocycles. The molecule has 0 fully saturated rings. The van der Waals surface area contributed by atoms with Crippen molar-refractivity contribution in [3.8, 4) is 5.75 Å². The smallest absolute Gasteiger partial charge is 0.338 e. The predicted molar refractivity (Wildman–Crippen MR) is 114 cm³/mol. The van der Waals surface area contributed by atoms with Crippen molar-refractivity contribution in [1.29, 1.82) is 0 Å². The van der Waals surface area contributed by atoms with E-state index in [-0.39, 0.29) is 12.1 Å². The predicted octanol–water partition coefficient (Wildman–Crippen LogP) is 5.25. The van der Waals surface area contributed by atoms with Gasteiger partial charge in [-0.2, -0.15) is 0 Å². The Hall–Kier alpha value is -2.33. The molecule has 0 unspecified atom stereocenters. The van der Waals surface area contributed by atoms with Gasteiger partial charge in [-0.05, 0) is 43.2 Å². The van der Waals surface area contributed by atoms with Crippen molar-refractivity contribution in [2.75, 3.05) is 33.8 Å². The molecule has 0 aliphatic heterocycles. The van der Waals surface area contributed by atoms with Crippen LogP contribution in [-0.4, -0.2) is 44.2 Å². The number of carbonyl (C=O) groups excluding carboxylic acids is 1. The Kier molecular flexibility index (Phi) is 8.52. The molecule has 0 heterocycles. The average molecular weight is 385 g/mol. The number of unbranched alkanes of at least 4 members (excludes halogenated alkanes) is 1. The van der Waals surface area contributed by atoms with Gasteiger partial charge in [0.05, 0.1) is 39.4 Å². The maximum atomic E-state index is 12.7. The molecule has 152 valence electrons. The van der Waals surface area contributed by atoms with Crippen LogP contribution in [0.15, 0.2) is 54.6 Å². The zero-order valence-electron chi connectivity index (χ0n) is 17.7.